The molecule has 4 rings (SSSR count). The Bertz CT molecular complexity index is 960. The van der Waals surface area contributed by atoms with Gasteiger partial charge >= 0.3 is 0 Å². The number of hydrogen-bond donors (Lipinski definition) is 1. The van der Waals surface area contributed by atoms with Crippen molar-refractivity contribution in [3.8, 4) is 17.0 Å². The number of pyridine rings is 1. The van der Waals surface area contributed by atoms with Crippen LogP contribution in [0.2, 0.25) is 0 Å². The van der Waals surface area contributed by atoms with E-state index in [2.05, 4.69) is 66.1 Å². The average molecular weight is 378 g/mol. The number of likely N-dealkylation sites (tertiary alicyclic amines) is 1. The third-order valence-electron chi connectivity index (χ3n) is 5.78. The van der Waals surface area contributed by atoms with E-state index in [4.69, 9.17) is 4.74 Å². The summed E-state index contributed by atoms with van der Waals surface area (Å²) in [4.78, 5) is 10.4. The highest BCUT2D eigenvalue weighted by Gasteiger charge is 2.19. The highest BCUT2D eigenvalue weighted by atomic mass is 16.5. The van der Waals surface area contributed by atoms with Crippen LogP contribution in [0.3, 0.4) is 0 Å². The highest BCUT2D eigenvalue weighted by molar-refractivity contribution is 5.92. The molecule has 1 unspecified atom stereocenters. The SMILES string of the molecule is Cc1cc(-c2[nH]c3ccc(OCC4CCCN(C)C4)cc3c2C(C)C)ccn1. The fourth-order valence-corrected chi connectivity index (χ4v) is 4.43. The molecule has 0 aliphatic carbocycles. The molecule has 3 aromatic rings. The van der Waals surface area contributed by atoms with E-state index in [-0.39, 0.29) is 0 Å². The first kappa shape index (κ1) is 19.0. The molecule has 0 bridgehead atoms. The van der Waals surface area contributed by atoms with Gasteiger partial charge in [0.1, 0.15) is 5.75 Å². The first-order valence-electron chi connectivity index (χ1n) is 10.4. The summed E-state index contributed by atoms with van der Waals surface area (Å²) in [6.07, 6.45) is 4.42. The van der Waals surface area contributed by atoms with Crippen molar-refractivity contribution in [2.75, 3.05) is 26.7 Å². The van der Waals surface area contributed by atoms with Crippen LogP contribution in [0.15, 0.2) is 36.5 Å². The summed E-state index contributed by atoms with van der Waals surface area (Å²) in [7, 11) is 2.20. The molecule has 1 N–H and O–H groups in total. The van der Waals surface area contributed by atoms with Gasteiger partial charge < -0.3 is 14.6 Å². The van der Waals surface area contributed by atoms with Crippen molar-refractivity contribution in [1.29, 1.82) is 0 Å². The van der Waals surface area contributed by atoms with Gasteiger partial charge in [-0.1, -0.05) is 13.8 Å². The van der Waals surface area contributed by atoms with Gasteiger partial charge in [0, 0.05) is 40.8 Å². The molecule has 1 aliphatic heterocycles. The first-order chi connectivity index (χ1) is 13.5. The van der Waals surface area contributed by atoms with Gasteiger partial charge in [0.25, 0.3) is 0 Å². The molecule has 1 aromatic carbocycles. The number of H-pyrrole nitrogens is 1. The summed E-state index contributed by atoms with van der Waals surface area (Å²) in [6, 6.07) is 10.7. The van der Waals surface area contributed by atoms with Gasteiger partial charge in [0.15, 0.2) is 0 Å². The fourth-order valence-electron chi connectivity index (χ4n) is 4.43. The summed E-state index contributed by atoms with van der Waals surface area (Å²) < 4.78 is 6.22. The molecule has 4 nitrogen and oxygen atoms in total. The number of fused-ring (bicyclic) bond motifs is 1. The smallest absolute Gasteiger partial charge is 0.120 e. The molecule has 28 heavy (non-hydrogen) atoms. The lowest BCUT2D eigenvalue weighted by Crippen LogP contribution is -2.34. The number of ether oxygens (including phenoxy) is 1. The van der Waals surface area contributed by atoms with Crippen LogP contribution < -0.4 is 4.74 Å². The number of aromatic nitrogens is 2. The van der Waals surface area contributed by atoms with Gasteiger partial charge in [0.05, 0.1) is 12.3 Å². The molecule has 148 valence electrons. The van der Waals surface area contributed by atoms with E-state index < -0.39 is 0 Å². The molecular formula is C24H31N3O. The van der Waals surface area contributed by atoms with Crippen molar-refractivity contribution in [3.05, 3.63) is 47.8 Å². The van der Waals surface area contributed by atoms with Crippen molar-refractivity contribution in [2.24, 2.45) is 5.92 Å². The second-order valence-corrected chi connectivity index (χ2v) is 8.54. The van der Waals surface area contributed by atoms with E-state index in [0.29, 0.717) is 11.8 Å². The van der Waals surface area contributed by atoms with Gasteiger partial charge in [-0.2, -0.15) is 0 Å². The molecule has 0 amide bonds. The van der Waals surface area contributed by atoms with Crippen LogP contribution in [0.4, 0.5) is 0 Å². The van der Waals surface area contributed by atoms with Gasteiger partial charge in [0.2, 0.25) is 0 Å². The molecule has 0 saturated carbocycles. The Hall–Kier alpha value is -2.33. The summed E-state index contributed by atoms with van der Waals surface area (Å²) in [6.45, 7) is 9.69. The Morgan fingerprint density at radius 1 is 1.25 bits per heavy atom. The zero-order valence-corrected chi connectivity index (χ0v) is 17.5. The molecule has 1 fully saturated rings. The van der Waals surface area contributed by atoms with Crippen molar-refractivity contribution >= 4 is 10.9 Å². The molecule has 1 saturated heterocycles. The minimum Gasteiger partial charge on any atom is -0.493 e. The maximum absolute atomic E-state index is 6.22. The van der Waals surface area contributed by atoms with Crippen LogP contribution in [-0.2, 0) is 0 Å². The topological polar surface area (TPSA) is 41.1 Å². The number of nitrogens with one attached hydrogen (secondary N) is 1. The Balaban J connectivity index is 1.64. The molecular weight excluding hydrogens is 346 g/mol. The lowest BCUT2D eigenvalue weighted by molar-refractivity contribution is 0.150. The fraction of sp³-hybridized carbons (Fsp3) is 0.458. The van der Waals surface area contributed by atoms with Gasteiger partial charge in [-0.25, -0.2) is 0 Å². The molecule has 4 heteroatoms. The van der Waals surface area contributed by atoms with E-state index in [0.717, 1.165) is 30.1 Å². The average Bonchev–Trinajstić information content (AvgIpc) is 3.05. The zero-order valence-electron chi connectivity index (χ0n) is 17.5. The second-order valence-electron chi connectivity index (χ2n) is 8.54. The van der Waals surface area contributed by atoms with E-state index >= 15 is 0 Å². The van der Waals surface area contributed by atoms with Gasteiger partial charge in [-0.3, -0.25) is 4.98 Å². The van der Waals surface area contributed by atoms with Crippen molar-refractivity contribution in [3.63, 3.8) is 0 Å². The number of nitrogens with zero attached hydrogens (tertiary/aromatic N) is 2. The van der Waals surface area contributed by atoms with Gasteiger partial charge in [-0.15, -0.1) is 0 Å². The van der Waals surface area contributed by atoms with Crippen LogP contribution in [0.1, 0.15) is 43.9 Å². The lowest BCUT2D eigenvalue weighted by atomic mass is 9.96. The van der Waals surface area contributed by atoms with Crippen molar-refractivity contribution in [2.45, 2.75) is 39.5 Å². The molecule has 0 radical (unpaired) electrons. The Kier molecular flexibility index (Phi) is 5.40. The number of aromatic amines is 1. The third-order valence-corrected chi connectivity index (χ3v) is 5.78. The van der Waals surface area contributed by atoms with Crippen LogP contribution in [-0.4, -0.2) is 41.6 Å². The number of aryl methyl sites for hydroxylation is 1. The maximum Gasteiger partial charge on any atom is 0.120 e. The van der Waals surface area contributed by atoms with E-state index in [1.54, 1.807) is 0 Å². The maximum atomic E-state index is 6.22. The van der Waals surface area contributed by atoms with Crippen molar-refractivity contribution in [1.82, 2.24) is 14.9 Å². The predicted octanol–water partition coefficient (Wildman–Crippen LogP) is 5.38. The lowest BCUT2D eigenvalue weighted by Gasteiger charge is -2.29. The quantitative estimate of drug-likeness (QED) is 0.649. The molecule has 2 aromatic heterocycles. The molecule has 1 atom stereocenters. The first-order valence-corrected chi connectivity index (χ1v) is 10.4. The summed E-state index contributed by atoms with van der Waals surface area (Å²) in [5.41, 5.74) is 5.94. The van der Waals surface area contributed by atoms with Crippen LogP contribution in [0.25, 0.3) is 22.2 Å². The van der Waals surface area contributed by atoms with Gasteiger partial charge in [-0.05, 0) is 75.2 Å². The van der Waals surface area contributed by atoms with E-state index in [1.165, 1.54) is 41.6 Å². The number of hydrogen-bond acceptors (Lipinski definition) is 3. The monoisotopic (exact) mass is 377 g/mol. The van der Waals surface area contributed by atoms with E-state index in [1.807, 2.05) is 13.1 Å². The van der Waals surface area contributed by atoms with Crippen LogP contribution in [0.5, 0.6) is 5.75 Å². The van der Waals surface area contributed by atoms with Crippen LogP contribution in [0, 0.1) is 12.8 Å². The normalized spacial score (nSPS) is 18.1. The summed E-state index contributed by atoms with van der Waals surface area (Å²) >= 11 is 0. The minimum absolute atomic E-state index is 0.416. The van der Waals surface area contributed by atoms with Crippen LogP contribution >= 0.6 is 0 Å². The zero-order chi connectivity index (χ0) is 19.7. The molecule has 1 aliphatic rings. The predicted molar refractivity (Wildman–Crippen MR) is 116 cm³/mol. The Morgan fingerprint density at radius 3 is 2.86 bits per heavy atom. The largest absolute Gasteiger partial charge is 0.493 e. The Labute approximate surface area is 167 Å². The summed E-state index contributed by atoms with van der Waals surface area (Å²) in [5.74, 6) is 2.01. The standard InChI is InChI=1S/C24H31N3O/c1-16(2)23-21-13-20(28-15-18-6-5-11-27(4)14-18)7-8-22(21)26-24(23)19-9-10-25-17(3)12-19/h7-10,12-13,16,18,26H,5-6,11,14-15H2,1-4H3. The minimum atomic E-state index is 0.416. The van der Waals surface area contributed by atoms with Crippen molar-refractivity contribution < 1.29 is 4.74 Å². The summed E-state index contributed by atoms with van der Waals surface area (Å²) in [5, 5.41) is 1.26. The number of benzene rings is 1. The second kappa shape index (κ2) is 7.96. The molecule has 3 heterocycles. The molecule has 0 spiro atoms. The number of piperidine rings is 1. The number of rotatable bonds is 5. The third kappa shape index (κ3) is 3.93. The van der Waals surface area contributed by atoms with E-state index in [9.17, 15) is 0 Å². The highest BCUT2D eigenvalue weighted by Crippen LogP contribution is 2.37. The Morgan fingerprint density at radius 2 is 2.11 bits per heavy atom.